The molecular weight excluding hydrogens is 304 g/mol. The van der Waals surface area contributed by atoms with Crippen molar-refractivity contribution < 1.29 is 9.59 Å². The van der Waals surface area contributed by atoms with E-state index in [0.29, 0.717) is 19.5 Å². The van der Waals surface area contributed by atoms with E-state index in [9.17, 15) is 9.59 Å². The van der Waals surface area contributed by atoms with Crippen LogP contribution in [-0.4, -0.2) is 36.4 Å². The highest BCUT2D eigenvalue weighted by Gasteiger charge is 2.14. The van der Waals surface area contributed by atoms with Gasteiger partial charge >= 0.3 is 0 Å². The van der Waals surface area contributed by atoms with Crippen LogP contribution in [0.15, 0.2) is 18.3 Å². The van der Waals surface area contributed by atoms with Crippen molar-refractivity contribution in [3.8, 4) is 0 Å². The third kappa shape index (κ3) is 6.18. The van der Waals surface area contributed by atoms with Gasteiger partial charge in [0.2, 0.25) is 11.8 Å². The zero-order valence-corrected chi connectivity index (χ0v) is 14.5. The first-order chi connectivity index (χ1) is 11.7. The fraction of sp³-hybridized carbons (Fsp3) is 0.611. The van der Waals surface area contributed by atoms with Crippen molar-refractivity contribution in [2.75, 3.05) is 24.5 Å². The maximum atomic E-state index is 11.9. The van der Waals surface area contributed by atoms with Gasteiger partial charge in [0.25, 0.3) is 0 Å². The Labute approximate surface area is 144 Å². The van der Waals surface area contributed by atoms with Gasteiger partial charge in [0.15, 0.2) is 0 Å². The summed E-state index contributed by atoms with van der Waals surface area (Å²) in [5, 5.41) is 5.55. The van der Waals surface area contributed by atoms with Gasteiger partial charge in [-0.05, 0) is 18.9 Å². The topological polar surface area (TPSA) is 74.3 Å². The van der Waals surface area contributed by atoms with Crippen LogP contribution in [0.25, 0.3) is 0 Å². The Morgan fingerprint density at radius 3 is 2.54 bits per heavy atom. The zero-order chi connectivity index (χ0) is 17.2. The van der Waals surface area contributed by atoms with E-state index >= 15 is 0 Å². The summed E-state index contributed by atoms with van der Waals surface area (Å²) in [5.41, 5.74) is 1.05. The molecule has 2 heterocycles. The summed E-state index contributed by atoms with van der Waals surface area (Å²) in [5.74, 6) is 0.808. The summed E-state index contributed by atoms with van der Waals surface area (Å²) in [6, 6.07) is 3.93. The summed E-state index contributed by atoms with van der Waals surface area (Å²) in [7, 11) is 0. The van der Waals surface area contributed by atoms with E-state index in [4.69, 9.17) is 0 Å². The van der Waals surface area contributed by atoms with Gasteiger partial charge < -0.3 is 15.5 Å². The molecule has 0 atom stereocenters. The molecule has 6 nitrogen and oxygen atoms in total. The highest BCUT2D eigenvalue weighted by Crippen LogP contribution is 2.21. The lowest BCUT2D eigenvalue weighted by Crippen LogP contribution is -2.31. The van der Waals surface area contributed by atoms with Crippen LogP contribution >= 0.6 is 0 Å². The largest absolute Gasteiger partial charge is 0.356 e. The number of hydrogen-bond acceptors (Lipinski definition) is 4. The molecule has 1 aromatic heterocycles. The van der Waals surface area contributed by atoms with Crippen LogP contribution in [0.4, 0.5) is 5.82 Å². The van der Waals surface area contributed by atoms with E-state index < -0.39 is 0 Å². The molecule has 0 saturated carbocycles. The molecular formula is C18H28N4O2. The van der Waals surface area contributed by atoms with Crippen molar-refractivity contribution >= 4 is 17.6 Å². The number of rotatable bonds is 6. The number of nitrogens with one attached hydrogen (secondary N) is 2. The SMILES string of the molecule is CC(=O)NCCC(=O)NCc1cccnc1N1CCCCCCC1. The van der Waals surface area contributed by atoms with Gasteiger partial charge in [-0.25, -0.2) is 4.98 Å². The molecule has 6 heteroatoms. The second-order valence-corrected chi connectivity index (χ2v) is 6.25. The molecule has 1 aliphatic rings. The molecule has 132 valence electrons. The lowest BCUT2D eigenvalue weighted by molar-refractivity contribution is -0.121. The van der Waals surface area contributed by atoms with Gasteiger partial charge in [-0.3, -0.25) is 9.59 Å². The Morgan fingerprint density at radius 2 is 1.83 bits per heavy atom. The van der Waals surface area contributed by atoms with Crippen LogP contribution in [0, 0.1) is 0 Å². The standard InChI is InChI=1S/C18H28N4O2/c1-15(23)19-11-9-17(24)21-14-16-8-7-10-20-18(16)22-12-5-3-2-4-6-13-22/h7-8,10H,2-6,9,11-14H2,1H3,(H,19,23)(H,21,24). The Morgan fingerprint density at radius 1 is 1.12 bits per heavy atom. The predicted molar refractivity (Wildman–Crippen MR) is 94.7 cm³/mol. The number of pyridine rings is 1. The van der Waals surface area contributed by atoms with Gasteiger partial charge in [0.1, 0.15) is 5.82 Å². The highest BCUT2D eigenvalue weighted by molar-refractivity contribution is 5.78. The number of anilines is 1. The van der Waals surface area contributed by atoms with Gasteiger partial charge in [-0.2, -0.15) is 0 Å². The Bertz CT molecular complexity index is 540. The minimum absolute atomic E-state index is 0.0637. The van der Waals surface area contributed by atoms with Gasteiger partial charge in [-0.1, -0.05) is 25.3 Å². The molecule has 1 saturated heterocycles. The van der Waals surface area contributed by atoms with E-state index in [2.05, 4.69) is 20.5 Å². The molecule has 0 aromatic carbocycles. The molecule has 1 aliphatic heterocycles. The molecule has 24 heavy (non-hydrogen) atoms. The quantitative estimate of drug-likeness (QED) is 0.835. The number of nitrogens with zero attached hydrogens (tertiary/aromatic N) is 2. The summed E-state index contributed by atoms with van der Waals surface area (Å²) in [6.07, 6.45) is 8.37. The van der Waals surface area contributed by atoms with E-state index in [1.165, 1.54) is 39.0 Å². The fourth-order valence-electron chi connectivity index (χ4n) is 2.95. The monoisotopic (exact) mass is 332 g/mol. The maximum Gasteiger partial charge on any atom is 0.222 e. The summed E-state index contributed by atoms with van der Waals surface area (Å²) < 4.78 is 0. The number of aromatic nitrogens is 1. The van der Waals surface area contributed by atoms with Crippen molar-refractivity contribution in [3.05, 3.63) is 23.9 Å². The Hall–Kier alpha value is -2.11. The van der Waals surface area contributed by atoms with Crippen LogP contribution < -0.4 is 15.5 Å². The zero-order valence-electron chi connectivity index (χ0n) is 14.5. The summed E-state index contributed by atoms with van der Waals surface area (Å²) >= 11 is 0. The highest BCUT2D eigenvalue weighted by atomic mass is 16.2. The minimum atomic E-state index is -0.116. The lowest BCUT2D eigenvalue weighted by atomic mass is 10.1. The molecule has 0 unspecified atom stereocenters. The number of hydrogen-bond donors (Lipinski definition) is 2. The molecule has 1 aromatic rings. The Balaban J connectivity index is 1.90. The van der Waals surface area contributed by atoms with Gasteiger partial charge in [0, 0.05) is 51.3 Å². The van der Waals surface area contributed by atoms with Crippen LogP contribution in [0.1, 0.15) is 51.0 Å². The second-order valence-electron chi connectivity index (χ2n) is 6.25. The van der Waals surface area contributed by atoms with E-state index in [-0.39, 0.29) is 11.8 Å². The van der Waals surface area contributed by atoms with Crippen molar-refractivity contribution in [3.63, 3.8) is 0 Å². The average molecular weight is 332 g/mol. The molecule has 0 radical (unpaired) electrons. The normalized spacial score (nSPS) is 15.3. The first-order valence-electron chi connectivity index (χ1n) is 8.87. The van der Waals surface area contributed by atoms with Crippen LogP contribution in [0.3, 0.4) is 0 Å². The molecule has 1 fully saturated rings. The second kappa shape index (κ2) is 9.90. The summed E-state index contributed by atoms with van der Waals surface area (Å²) in [6.45, 7) is 4.34. The van der Waals surface area contributed by atoms with Crippen LogP contribution in [0.5, 0.6) is 0 Å². The minimum Gasteiger partial charge on any atom is -0.356 e. The molecule has 2 amide bonds. The maximum absolute atomic E-state index is 11.9. The van der Waals surface area contributed by atoms with Crippen LogP contribution in [0.2, 0.25) is 0 Å². The van der Waals surface area contributed by atoms with Crippen LogP contribution in [-0.2, 0) is 16.1 Å². The number of carbonyl (C=O) groups is 2. The molecule has 0 spiro atoms. The van der Waals surface area contributed by atoms with Crippen molar-refractivity contribution in [1.29, 1.82) is 0 Å². The average Bonchev–Trinajstić information content (AvgIpc) is 2.53. The molecule has 2 N–H and O–H groups in total. The first kappa shape index (κ1) is 18.2. The smallest absolute Gasteiger partial charge is 0.222 e. The van der Waals surface area contributed by atoms with Crippen molar-refractivity contribution in [2.45, 2.75) is 52.0 Å². The van der Waals surface area contributed by atoms with E-state index in [1.807, 2.05) is 18.3 Å². The lowest BCUT2D eigenvalue weighted by Gasteiger charge is -2.27. The van der Waals surface area contributed by atoms with Gasteiger partial charge in [0.05, 0.1) is 0 Å². The number of carbonyl (C=O) groups excluding carboxylic acids is 2. The molecule has 2 rings (SSSR count). The van der Waals surface area contributed by atoms with Crippen molar-refractivity contribution in [1.82, 2.24) is 15.6 Å². The van der Waals surface area contributed by atoms with Gasteiger partial charge in [-0.15, -0.1) is 0 Å². The number of amides is 2. The van der Waals surface area contributed by atoms with E-state index in [0.717, 1.165) is 24.5 Å². The third-order valence-electron chi connectivity index (χ3n) is 4.23. The summed E-state index contributed by atoms with van der Waals surface area (Å²) in [4.78, 5) is 29.6. The Kier molecular flexibility index (Phi) is 7.52. The first-order valence-corrected chi connectivity index (χ1v) is 8.87. The molecule has 0 bridgehead atoms. The molecule has 0 aliphatic carbocycles. The third-order valence-corrected chi connectivity index (χ3v) is 4.23. The fourth-order valence-corrected chi connectivity index (χ4v) is 2.95. The predicted octanol–water partition coefficient (Wildman–Crippen LogP) is 1.99. The van der Waals surface area contributed by atoms with E-state index in [1.54, 1.807) is 0 Å². The van der Waals surface area contributed by atoms with Crippen molar-refractivity contribution in [2.24, 2.45) is 0 Å².